The maximum Gasteiger partial charge on any atom is 0.225 e. The van der Waals surface area contributed by atoms with Crippen LogP contribution in [0.2, 0.25) is 0 Å². The molecule has 0 radical (unpaired) electrons. The number of methoxy groups -OCH3 is 1. The van der Waals surface area contributed by atoms with Crippen molar-refractivity contribution >= 4 is 5.95 Å². The fraction of sp³-hybridized carbons (Fsp3) is 0.692. The lowest BCUT2D eigenvalue weighted by atomic mass is 10.1. The molecular weight excluding hydrogens is 244 g/mol. The highest BCUT2D eigenvalue weighted by Crippen LogP contribution is 2.23. The molecule has 6 nitrogen and oxygen atoms in total. The summed E-state index contributed by atoms with van der Waals surface area (Å²) < 4.78 is 4.96. The lowest BCUT2D eigenvalue weighted by Crippen LogP contribution is -2.30. The van der Waals surface area contributed by atoms with Crippen LogP contribution in [0.5, 0.6) is 0 Å². The zero-order chi connectivity index (χ0) is 13.7. The minimum absolute atomic E-state index is 0.596. The number of hydrogen-bond acceptors (Lipinski definition) is 6. The van der Waals surface area contributed by atoms with Crippen LogP contribution < -0.4 is 10.2 Å². The normalized spacial score (nSPS) is 23.0. The van der Waals surface area contributed by atoms with E-state index in [0.29, 0.717) is 19.1 Å². The molecule has 0 spiro atoms. The van der Waals surface area contributed by atoms with E-state index in [4.69, 9.17) is 4.74 Å². The van der Waals surface area contributed by atoms with E-state index in [0.717, 1.165) is 31.6 Å². The van der Waals surface area contributed by atoms with Crippen molar-refractivity contribution in [2.45, 2.75) is 25.5 Å². The van der Waals surface area contributed by atoms with Crippen LogP contribution in [0.3, 0.4) is 0 Å². The highest BCUT2D eigenvalue weighted by Gasteiger charge is 2.32. The largest absolute Gasteiger partial charge is 0.388 e. The maximum atomic E-state index is 9.93. The van der Waals surface area contributed by atoms with Gasteiger partial charge in [0, 0.05) is 51.2 Å². The molecule has 0 aromatic carbocycles. The van der Waals surface area contributed by atoms with Gasteiger partial charge in [-0.25, -0.2) is 9.97 Å². The van der Waals surface area contributed by atoms with Crippen molar-refractivity contribution in [3.63, 3.8) is 0 Å². The van der Waals surface area contributed by atoms with Gasteiger partial charge in [0.05, 0.1) is 12.2 Å². The van der Waals surface area contributed by atoms with Crippen LogP contribution in [0.1, 0.15) is 18.9 Å². The Kier molecular flexibility index (Phi) is 4.68. The van der Waals surface area contributed by atoms with E-state index in [1.807, 2.05) is 24.2 Å². The topological polar surface area (TPSA) is 70.5 Å². The minimum atomic E-state index is -0.621. The summed E-state index contributed by atoms with van der Waals surface area (Å²) in [5, 5.41) is 13.2. The van der Waals surface area contributed by atoms with E-state index in [2.05, 4.69) is 15.3 Å². The smallest absolute Gasteiger partial charge is 0.225 e. The van der Waals surface area contributed by atoms with Crippen molar-refractivity contribution in [1.82, 2.24) is 15.3 Å². The molecule has 6 heteroatoms. The second-order valence-corrected chi connectivity index (χ2v) is 5.23. The second kappa shape index (κ2) is 6.27. The summed E-state index contributed by atoms with van der Waals surface area (Å²) in [6, 6.07) is 0. The molecule has 0 bridgehead atoms. The molecule has 0 aliphatic carbocycles. The molecule has 1 aromatic heterocycles. The summed E-state index contributed by atoms with van der Waals surface area (Å²) in [5.74, 6) is 0.693. The van der Waals surface area contributed by atoms with Gasteiger partial charge in [-0.15, -0.1) is 0 Å². The Bertz CT molecular complexity index is 394. The van der Waals surface area contributed by atoms with E-state index >= 15 is 0 Å². The van der Waals surface area contributed by atoms with Crippen LogP contribution in [-0.2, 0) is 11.3 Å². The first-order chi connectivity index (χ1) is 9.11. The van der Waals surface area contributed by atoms with Crippen LogP contribution in [-0.4, -0.2) is 54.0 Å². The Balaban J connectivity index is 1.85. The molecule has 1 aliphatic heterocycles. The molecular formula is C13H22N4O2. The van der Waals surface area contributed by atoms with Gasteiger partial charge in [-0.1, -0.05) is 0 Å². The Morgan fingerprint density at radius 1 is 1.47 bits per heavy atom. The Hall–Kier alpha value is -1.24. The van der Waals surface area contributed by atoms with Gasteiger partial charge in [-0.05, 0) is 13.3 Å². The molecule has 0 amide bonds. The maximum absolute atomic E-state index is 9.93. The Morgan fingerprint density at radius 2 is 2.21 bits per heavy atom. The van der Waals surface area contributed by atoms with Gasteiger partial charge in [0.1, 0.15) is 0 Å². The van der Waals surface area contributed by atoms with Gasteiger partial charge in [0.15, 0.2) is 0 Å². The molecule has 1 atom stereocenters. The molecule has 0 saturated carbocycles. The third-order valence-corrected chi connectivity index (χ3v) is 3.24. The van der Waals surface area contributed by atoms with Crippen molar-refractivity contribution in [2.24, 2.45) is 0 Å². The van der Waals surface area contributed by atoms with E-state index in [-0.39, 0.29) is 0 Å². The van der Waals surface area contributed by atoms with Gasteiger partial charge in [0.2, 0.25) is 5.95 Å². The predicted octanol–water partition coefficient (Wildman–Crippen LogP) is 0.174. The van der Waals surface area contributed by atoms with Crippen molar-refractivity contribution in [2.75, 3.05) is 38.3 Å². The SMILES string of the molecule is COCCNCc1cnc(N2CCC(C)(O)C2)nc1. The number of ether oxygens (including phenoxy) is 1. The molecule has 1 aromatic rings. The van der Waals surface area contributed by atoms with Crippen LogP contribution in [0.15, 0.2) is 12.4 Å². The van der Waals surface area contributed by atoms with E-state index in [1.54, 1.807) is 7.11 Å². The molecule has 1 aliphatic rings. The van der Waals surface area contributed by atoms with Crippen LogP contribution in [0, 0.1) is 0 Å². The van der Waals surface area contributed by atoms with Crippen molar-refractivity contribution in [3.05, 3.63) is 18.0 Å². The van der Waals surface area contributed by atoms with Crippen LogP contribution in [0.25, 0.3) is 0 Å². The fourth-order valence-corrected chi connectivity index (χ4v) is 2.13. The molecule has 2 heterocycles. The summed E-state index contributed by atoms with van der Waals surface area (Å²) in [4.78, 5) is 10.7. The van der Waals surface area contributed by atoms with Crippen molar-refractivity contribution in [1.29, 1.82) is 0 Å². The quantitative estimate of drug-likeness (QED) is 0.716. The zero-order valence-corrected chi connectivity index (χ0v) is 11.6. The summed E-state index contributed by atoms with van der Waals surface area (Å²) in [6.07, 6.45) is 4.42. The van der Waals surface area contributed by atoms with E-state index in [9.17, 15) is 5.11 Å². The van der Waals surface area contributed by atoms with E-state index < -0.39 is 5.60 Å². The summed E-state index contributed by atoms with van der Waals surface area (Å²) in [7, 11) is 1.69. The van der Waals surface area contributed by atoms with E-state index in [1.165, 1.54) is 0 Å². The van der Waals surface area contributed by atoms with Crippen LogP contribution in [0.4, 0.5) is 5.95 Å². The number of rotatable bonds is 6. The van der Waals surface area contributed by atoms with Crippen molar-refractivity contribution < 1.29 is 9.84 Å². The van der Waals surface area contributed by atoms with Crippen molar-refractivity contribution in [3.8, 4) is 0 Å². The summed E-state index contributed by atoms with van der Waals surface area (Å²) in [5.41, 5.74) is 0.426. The highest BCUT2D eigenvalue weighted by molar-refractivity contribution is 5.33. The standard InChI is InChI=1S/C13H22N4O2/c1-13(18)3-5-17(10-13)12-15-8-11(9-16-12)7-14-4-6-19-2/h8-9,14,18H,3-7,10H2,1-2H3. The first-order valence-electron chi connectivity index (χ1n) is 6.59. The number of hydrogen-bond donors (Lipinski definition) is 2. The number of aromatic nitrogens is 2. The first kappa shape index (κ1) is 14.2. The number of aliphatic hydroxyl groups is 1. The lowest BCUT2D eigenvalue weighted by molar-refractivity contribution is 0.0838. The molecule has 1 saturated heterocycles. The van der Waals surface area contributed by atoms with Gasteiger partial charge < -0.3 is 20.1 Å². The minimum Gasteiger partial charge on any atom is -0.388 e. The monoisotopic (exact) mass is 266 g/mol. The number of β-amino-alcohol motifs (C(OH)–C–C–N with tert-alkyl or cyclic N) is 1. The molecule has 2 rings (SSSR count). The average molecular weight is 266 g/mol. The predicted molar refractivity (Wildman–Crippen MR) is 73.1 cm³/mol. The first-order valence-corrected chi connectivity index (χ1v) is 6.59. The number of nitrogens with one attached hydrogen (secondary N) is 1. The second-order valence-electron chi connectivity index (χ2n) is 5.23. The molecule has 1 unspecified atom stereocenters. The van der Waals surface area contributed by atoms with Gasteiger partial charge in [0.25, 0.3) is 0 Å². The molecule has 106 valence electrons. The van der Waals surface area contributed by atoms with Gasteiger partial charge in [-0.3, -0.25) is 0 Å². The molecule has 2 N–H and O–H groups in total. The number of anilines is 1. The highest BCUT2D eigenvalue weighted by atomic mass is 16.5. The van der Waals surface area contributed by atoms with Gasteiger partial charge in [-0.2, -0.15) is 0 Å². The lowest BCUT2D eigenvalue weighted by Gasteiger charge is -2.18. The van der Waals surface area contributed by atoms with Crippen LogP contribution >= 0.6 is 0 Å². The fourth-order valence-electron chi connectivity index (χ4n) is 2.13. The Labute approximate surface area is 113 Å². The summed E-state index contributed by atoms with van der Waals surface area (Å²) in [6.45, 7) is 5.49. The average Bonchev–Trinajstić information content (AvgIpc) is 2.76. The Morgan fingerprint density at radius 3 is 2.79 bits per heavy atom. The molecule has 19 heavy (non-hydrogen) atoms. The van der Waals surface area contributed by atoms with Gasteiger partial charge >= 0.3 is 0 Å². The molecule has 1 fully saturated rings. The number of nitrogens with zero attached hydrogens (tertiary/aromatic N) is 3. The third kappa shape index (κ3) is 4.12. The zero-order valence-electron chi connectivity index (χ0n) is 11.6. The summed E-state index contributed by atoms with van der Waals surface area (Å²) >= 11 is 0. The third-order valence-electron chi connectivity index (χ3n) is 3.24.